The van der Waals surface area contributed by atoms with Gasteiger partial charge in [-0.1, -0.05) is 60.7 Å². The highest BCUT2D eigenvalue weighted by molar-refractivity contribution is 6.92. The summed E-state index contributed by atoms with van der Waals surface area (Å²) in [5, 5.41) is 2.40. The lowest BCUT2D eigenvalue weighted by Gasteiger charge is -2.56. The van der Waals surface area contributed by atoms with Crippen molar-refractivity contribution < 1.29 is 8.85 Å². The van der Waals surface area contributed by atoms with Crippen molar-refractivity contribution in [1.29, 1.82) is 0 Å². The molecule has 2 aromatic carbocycles. The van der Waals surface area contributed by atoms with Crippen LogP contribution in [0.5, 0.6) is 0 Å². The summed E-state index contributed by atoms with van der Waals surface area (Å²) >= 11 is 0. The van der Waals surface area contributed by atoms with Crippen molar-refractivity contribution in [2.45, 2.75) is 115 Å². The Morgan fingerprint density at radius 2 is 0.811 bits per heavy atom. The lowest BCUT2D eigenvalue weighted by molar-refractivity contribution is -0.0822. The molecule has 0 aromatic heterocycles. The van der Waals surface area contributed by atoms with Crippen LogP contribution in [0.1, 0.15) is 81.1 Å². The average Bonchev–Trinajstić information content (AvgIpc) is 2.81. The van der Waals surface area contributed by atoms with Crippen LogP contribution in [0.15, 0.2) is 60.7 Å². The van der Waals surface area contributed by atoms with Crippen molar-refractivity contribution in [1.82, 2.24) is 9.80 Å². The van der Waals surface area contributed by atoms with E-state index in [4.69, 9.17) is 8.85 Å². The van der Waals surface area contributed by atoms with E-state index in [1.54, 1.807) is 0 Å². The third-order valence-corrected chi connectivity index (χ3v) is 13.0. The molecule has 5 heteroatoms. The van der Waals surface area contributed by atoms with E-state index in [9.17, 15) is 0 Å². The van der Waals surface area contributed by atoms with Gasteiger partial charge in [-0.05, 0) is 106 Å². The molecule has 0 N–H and O–H groups in total. The molecule has 2 aliphatic heterocycles. The summed E-state index contributed by atoms with van der Waals surface area (Å²) in [6.45, 7) is 18.8. The Hall–Kier alpha value is -1.50. The van der Waals surface area contributed by atoms with E-state index in [1.165, 1.54) is 10.4 Å². The van der Waals surface area contributed by atoms with Crippen molar-refractivity contribution in [3.05, 3.63) is 60.7 Å². The van der Waals surface area contributed by atoms with Gasteiger partial charge in [0.25, 0.3) is 0 Å². The highest BCUT2D eigenvalue weighted by Gasteiger charge is 2.53. The predicted molar refractivity (Wildman–Crippen MR) is 158 cm³/mol. The smallest absolute Gasteiger partial charge is 0.384 e. The zero-order valence-electron chi connectivity index (χ0n) is 25.0. The maximum atomic E-state index is 7.51. The first-order chi connectivity index (χ1) is 17.1. The van der Waals surface area contributed by atoms with Gasteiger partial charge in [-0.15, -0.1) is 0 Å². The van der Waals surface area contributed by atoms with Gasteiger partial charge in [-0.25, -0.2) is 0 Å². The first-order valence-corrected chi connectivity index (χ1v) is 15.9. The number of piperidine rings is 2. The molecule has 2 aromatic rings. The van der Waals surface area contributed by atoms with Gasteiger partial charge in [0.05, 0.1) is 12.2 Å². The first kappa shape index (κ1) is 28.5. The Kier molecular flexibility index (Phi) is 7.63. The van der Waals surface area contributed by atoms with Crippen molar-refractivity contribution in [2.24, 2.45) is 0 Å². The molecule has 0 unspecified atom stereocenters. The number of hydrogen-bond donors (Lipinski definition) is 0. The topological polar surface area (TPSA) is 24.9 Å². The summed E-state index contributed by atoms with van der Waals surface area (Å²) in [4.78, 5) is 5.05. The van der Waals surface area contributed by atoms with Gasteiger partial charge in [0, 0.05) is 22.2 Å². The second-order valence-electron chi connectivity index (χ2n) is 14.0. The highest BCUT2D eigenvalue weighted by Crippen LogP contribution is 2.41. The Balaban J connectivity index is 1.81. The zero-order chi connectivity index (χ0) is 27.3. The molecule has 0 atom stereocenters. The molecule has 2 saturated heterocycles. The molecule has 0 bridgehead atoms. The summed E-state index contributed by atoms with van der Waals surface area (Å²) in [5.41, 5.74) is 0.157. The molecule has 4 rings (SSSR count). The fourth-order valence-electron chi connectivity index (χ4n) is 6.98. The van der Waals surface area contributed by atoms with Gasteiger partial charge in [-0.3, -0.25) is 9.80 Å². The Morgan fingerprint density at radius 1 is 0.541 bits per heavy atom. The van der Waals surface area contributed by atoms with Gasteiger partial charge < -0.3 is 8.85 Å². The van der Waals surface area contributed by atoms with Crippen LogP contribution in [0.3, 0.4) is 0 Å². The molecular formula is C32H50N2O2Si. The molecule has 37 heavy (non-hydrogen) atoms. The van der Waals surface area contributed by atoms with Crippen LogP contribution in [0.2, 0.25) is 0 Å². The number of rotatable bonds is 6. The standard InChI is InChI=1S/C32H50N2O2Si/c1-29(2)21-25(22-30(3,4)33(29)9)35-37(27-17-13-11-14-18-27,28-19-15-12-16-20-28)36-26-23-31(5,6)34(10)32(7,8)24-26/h11-20,25-26H,21-24H2,1-10H3. The van der Waals surface area contributed by atoms with Crippen LogP contribution in [-0.4, -0.2) is 66.8 Å². The monoisotopic (exact) mass is 522 g/mol. The normalized spacial score (nSPS) is 24.7. The van der Waals surface area contributed by atoms with Crippen LogP contribution in [-0.2, 0) is 8.85 Å². The SMILES string of the molecule is CN1C(C)(C)CC(O[Si](OC2CC(C)(C)N(C)C(C)(C)C2)(c2ccccc2)c2ccccc2)CC1(C)C. The molecule has 0 aliphatic carbocycles. The Morgan fingerprint density at radius 3 is 1.08 bits per heavy atom. The highest BCUT2D eigenvalue weighted by atomic mass is 28.4. The molecule has 204 valence electrons. The number of hydrogen-bond acceptors (Lipinski definition) is 4. The lowest BCUT2D eigenvalue weighted by Crippen LogP contribution is -2.70. The summed E-state index contributed by atoms with van der Waals surface area (Å²) in [7, 11) is 1.46. The van der Waals surface area contributed by atoms with Crippen LogP contribution in [0, 0.1) is 0 Å². The van der Waals surface area contributed by atoms with Crippen molar-refractivity contribution in [3.8, 4) is 0 Å². The zero-order valence-corrected chi connectivity index (χ0v) is 26.0. The molecule has 2 aliphatic rings. The van der Waals surface area contributed by atoms with E-state index >= 15 is 0 Å². The lowest BCUT2D eigenvalue weighted by atomic mass is 9.79. The van der Waals surface area contributed by atoms with Crippen LogP contribution in [0.4, 0.5) is 0 Å². The molecule has 2 fully saturated rings. The maximum absolute atomic E-state index is 7.51. The predicted octanol–water partition coefficient (Wildman–Crippen LogP) is 5.58. The summed E-state index contributed by atoms with van der Waals surface area (Å²) < 4.78 is 15.0. The Bertz CT molecular complexity index is 929. The third kappa shape index (κ3) is 5.62. The molecule has 2 heterocycles. The quantitative estimate of drug-likeness (QED) is 0.463. The van der Waals surface area contributed by atoms with Crippen molar-refractivity contribution in [3.63, 3.8) is 0 Å². The number of benzene rings is 2. The molecule has 0 amide bonds. The van der Waals surface area contributed by atoms with Gasteiger partial charge in [0.15, 0.2) is 0 Å². The van der Waals surface area contributed by atoms with E-state index < -0.39 is 8.56 Å². The molecule has 0 spiro atoms. The van der Waals surface area contributed by atoms with Crippen LogP contribution in [0.25, 0.3) is 0 Å². The van der Waals surface area contributed by atoms with Gasteiger partial charge in [0.2, 0.25) is 0 Å². The number of likely N-dealkylation sites (tertiary alicyclic amines) is 2. The van der Waals surface area contributed by atoms with Gasteiger partial charge >= 0.3 is 8.56 Å². The minimum atomic E-state index is -3.05. The maximum Gasteiger partial charge on any atom is 0.407 e. The largest absolute Gasteiger partial charge is 0.407 e. The van der Waals surface area contributed by atoms with Crippen LogP contribution < -0.4 is 10.4 Å². The molecule has 4 nitrogen and oxygen atoms in total. The fraction of sp³-hybridized carbons (Fsp3) is 0.625. The summed E-state index contributed by atoms with van der Waals surface area (Å²) in [6, 6.07) is 21.7. The second-order valence-corrected chi connectivity index (χ2v) is 16.9. The third-order valence-electron chi connectivity index (χ3n) is 9.51. The van der Waals surface area contributed by atoms with E-state index in [-0.39, 0.29) is 34.4 Å². The molecule has 0 saturated carbocycles. The van der Waals surface area contributed by atoms with Crippen LogP contribution >= 0.6 is 0 Å². The van der Waals surface area contributed by atoms with E-state index in [0.717, 1.165) is 25.7 Å². The fourth-order valence-corrected chi connectivity index (χ4v) is 10.4. The first-order valence-electron chi connectivity index (χ1n) is 14.0. The van der Waals surface area contributed by atoms with Crippen molar-refractivity contribution >= 4 is 18.9 Å². The molecular weight excluding hydrogens is 472 g/mol. The second kappa shape index (κ2) is 9.91. The number of nitrogens with zero attached hydrogens (tertiary/aromatic N) is 2. The minimum absolute atomic E-state index is 0.0392. The average molecular weight is 523 g/mol. The van der Waals surface area contributed by atoms with E-state index in [0.29, 0.717) is 0 Å². The van der Waals surface area contributed by atoms with Crippen molar-refractivity contribution in [2.75, 3.05) is 14.1 Å². The van der Waals surface area contributed by atoms with E-state index in [1.807, 2.05) is 0 Å². The minimum Gasteiger partial charge on any atom is -0.384 e. The van der Waals surface area contributed by atoms with E-state index in [2.05, 4.69) is 140 Å². The Labute approximate surface area is 227 Å². The molecule has 0 radical (unpaired) electrons. The summed E-state index contributed by atoms with van der Waals surface area (Å²) in [5.74, 6) is 0. The summed E-state index contributed by atoms with van der Waals surface area (Å²) in [6.07, 6.45) is 4.15. The van der Waals surface area contributed by atoms with Gasteiger partial charge in [-0.2, -0.15) is 0 Å². The van der Waals surface area contributed by atoms with Gasteiger partial charge in [0.1, 0.15) is 0 Å².